The number of amides is 1. The third-order valence-electron chi connectivity index (χ3n) is 6.36. The van der Waals surface area contributed by atoms with Gasteiger partial charge in [0, 0.05) is 36.3 Å². The molecule has 1 saturated heterocycles. The first-order valence-electron chi connectivity index (χ1n) is 11.3. The van der Waals surface area contributed by atoms with E-state index in [4.69, 9.17) is 4.98 Å². The minimum absolute atomic E-state index is 0.100. The number of piperidine rings is 1. The number of aromatic nitrogens is 2. The van der Waals surface area contributed by atoms with Gasteiger partial charge in [-0.25, -0.2) is 9.97 Å². The molecule has 0 aliphatic carbocycles. The molecular formula is C28H27N3O. The van der Waals surface area contributed by atoms with Crippen LogP contribution < -0.4 is 0 Å². The van der Waals surface area contributed by atoms with E-state index >= 15 is 0 Å². The van der Waals surface area contributed by atoms with E-state index in [1.54, 1.807) is 0 Å². The average Bonchev–Trinajstić information content (AvgIpc) is 2.83. The number of hydrogen-bond acceptors (Lipinski definition) is 3. The maximum atomic E-state index is 13.4. The SMILES string of the molecule is Cc1cccc(-c2cnc(C)nc2C2CCCN(C(=O)c3ccc4ccccc4c3)C2)c1. The molecule has 1 aliphatic rings. The highest BCUT2D eigenvalue weighted by molar-refractivity contribution is 5.98. The number of hydrogen-bond donors (Lipinski definition) is 0. The van der Waals surface area contributed by atoms with Gasteiger partial charge >= 0.3 is 0 Å². The van der Waals surface area contributed by atoms with Crippen LogP contribution in [0, 0.1) is 13.8 Å². The first kappa shape index (κ1) is 20.4. The van der Waals surface area contributed by atoms with Crippen molar-refractivity contribution in [2.75, 3.05) is 13.1 Å². The standard InChI is InChI=1S/C28H27N3O/c1-19-7-5-10-23(15-19)26-17-29-20(2)30-27(26)25-11-6-14-31(18-25)28(32)24-13-12-21-8-3-4-9-22(21)16-24/h3-5,7-10,12-13,15-17,25H,6,11,14,18H2,1-2H3. The molecule has 5 rings (SSSR count). The lowest BCUT2D eigenvalue weighted by molar-refractivity contribution is 0.0706. The summed E-state index contributed by atoms with van der Waals surface area (Å²) < 4.78 is 0. The number of carbonyl (C=O) groups is 1. The minimum Gasteiger partial charge on any atom is -0.338 e. The van der Waals surface area contributed by atoms with Crippen LogP contribution in [0.1, 0.15) is 46.2 Å². The molecule has 0 bridgehead atoms. The topological polar surface area (TPSA) is 46.1 Å². The lowest BCUT2D eigenvalue weighted by Gasteiger charge is -2.33. The third kappa shape index (κ3) is 4.01. The molecule has 32 heavy (non-hydrogen) atoms. The van der Waals surface area contributed by atoms with Crippen LogP contribution in [0.2, 0.25) is 0 Å². The van der Waals surface area contributed by atoms with Gasteiger partial charge in [-0.05, 0) is 55.2 Å². The minimum atomic E-state index is 0.100. The molecule has 1 amide bonds. The van der Waals surface area contributed by atoms with Gasteiger partial charge in [0.05, 0.1) is 5.69 Å². The number of aryl methyl sites for hydroxylation is 2. The van der Waals surface area contributed by atoms with Crippen LogP contribution in [0.3, 0.4) is 0 Å². The maximum absolute atomic E-state index is 13.4. The number of likely N-dealkylation sites (tertiary alicyclic amines) is 1. The molecule has 4 nitrogen and oxygen atoms in total. The van der Waals surface area contributed by atoms with Gasteiger partial charge in [-0.2, -0.15) is 0 Å². The van der Waals surface area contributed by atoms with Gasteiger partial charge in [-0.1, -0.05) is 60.2 Å². The van der Waals surface area contributed by atoms with Crippen LogP contribution >= 0.6 is 0 Å². The van der Waals surface area contributed by atoms with Crippen LogP contribution in [0.5, 0.6) is 0 Å². The molecule has 1 atom stereocenters. The van der Waals surface area contributed by atoms with Gasteiger partial charge in [-0.3, -0.25) is 4.79 Å². The van der Waals surface area contributed by atoms with Crippen molar-refractivity contribution in [3.63, 3.8) is 0 Å². The quantitative estimate of drug-likeness (QED) is 0.412. The molecule has 0 spiro atoms. The Hall–Kier alpha value is -3.53. The van der Waals surface area contributed by atoms with Gasteiger partial charge in [0.1, 0.15) is 5.82 Å². The van der Waals surface area contributed by atoms with Crippen LogP contribution in [0.15, 0.2) is 72.9 Å². The molecule has 0 N–H and O–H groups in total. The zero-order valence-corrected chi connectivity index (χ0v) is 18.6. The predicted octanol–water partition coefficient (Wildman–Crippen LogP) is 5.93. The first-order chi connectivity index (χ1) is 15.6. The summed E-state index contributed by atoms with van der Waals surface area (Å²) in [5, 5.41) is 2.25. The monoisotopic (exact) mass is 421 g/mol. The zero-order chi connectivity index (χ0) is 22.1. The largest absolute Gasteiger partial charge is 0.338 e. The van der Waals surface area contributed by atoms with Crippen LogP contribution in [0.4, 0.5) is 0 Å². The van der Waals surface area contributed by atoms with Gasteiger partial charge in [0.2, 0.25) is 0 Å². The van der Waals surface area contributed by atoms with E-state index in [0.29, 0.717) is 6.54 Å². The van der Waals surface area contributed by atoms with Crippen LogP contribution in [-0.4, -0.2) is 33.9 Å². The molecular weight excluding hydrogens is 394 g/mol. The second-order valence-corrected chi connectivity index (χ2v) is 8.74. The van der Waals surface area contributed by atoms with Crippen molar-refractivity contribution in [1.82, 2.24) is 14.9 Å². The number of carbonyl (C=O) groups excluding carboxylic acids is 1. The number of nitrogens with zero attached hydrogens (tertiary/aromatic N) is 3. The van der Waals surface area contributed by atoms with Crippen molar-refractivity contribution in [3.8, 4) is 11.1 Å². The fourth-order valence-corrected chi connectivity index (χ4v) is 4.72. The summed E-state index contributed by atoms with van der Waals surface area (Å²) >= 11 is 0. The molecule has 0 radical (unpaired) electrons. The normalized spacial score (nSPS) is 16.3. The fraction of sp³-hybridized carbons (Fsp3) is 0.250. The van der Waals surface area contributed by atoms with Crippen molar-refractivity contribution >= 4 is 16.7 Å². The summed E-state index contributed by atoms with van der Waals surface area (Å²) in [6.45, 7) is 5.50. The lowest BCUT2D eigenvalue weighted by atomic mass is 9.89. The molecule has 1 unspecified atom stereocenters. The highest BCUT2D eigenvalue weighted by atomic mass is 16.2. The maximum Gasteiger partial charge on any atom is 0.253 e. The summed E-state index contributed by atoms with van der Waals surface area (Å²) in [7, 11) is 0. The van der Waals surface area contributed by atoms with E-state index < -0.39 is 0 Å². The molecule has 4 aromatic rings. The summed E-state index contributed by atoms with van der Waals surface area (Å²) in [4.78, 5) is 24.7. The Morgan fingerprint density at radius 3 is 2.66 bits per heavy atom. The smallest absolute Gasteiger partial charge is 0.253 e. The molecule has 160 valence electrons. The van der Waals surface area contributed by atoms with Crippen molar-refractivity contribution in [1.29, 1.82) is 0 Å². The second-order valence-electron chi connectivity index (χ2n) is 8.74. The summed E-state index contributed by atoms with van der Waals surface area (Å²) in [6, 6.07) is 22.6. The van der Waals surface area contributed by atoms with Gasteiger partial charge in [0.15, 0.2) is 0 Å². The zero-order valence-electron chi connectivity index (χ0n) is 18.6. The van der Waals surface area contributed by atoms with E-state index in [-0.39, 0.29) is 11.8 Å². The van der Waals surface area contributed by atoms with E-state index in [2.05, 4.69) is 48.3 Å². The Bertz CT molecular complexity index is 1300. The Labute approximate surface area is 189 Å². The van der Waals surface area contributed by atoms with Crippen molar-refractivity contribution in [2.24, 2.45) is 0 Å². The molecule has 4 heteroatoms. The van der Waals surface area contributed by atoms with E-state index in [0.717, 1.165) is 58.4 Å². The molecule has 0 saturated carbocycles. The van der Waals surface area contributed by atoms with Gasteiger partial charge in [0.25, 0.3) is 5.91 Å². The van der Waals surface area contributed by atoms with Crippen molar-refractivity contribution in [2.45, 2.75) is 32.6 Å². The molecule has 1 fully saturated rings. The molecule has 1 aliphatic heterocycles. The highest BCUT2D eigenvalue weighted by Gasteiger charge is 2.28. The first-order valence-corrected chi connectivity index (χ1v) is 11.3. The Morgan fingerprint density at radius 1 is 0.969 bits per heavy atom. The summed E-state index contributed by atoms with van der Waals surface area (Å²) in [5.74, 6) is 1.07. The summed E-state index contributed by atoms with van der Waals surface area (Å²) in [6.07, 6.45) is 3.94. The van der Waals surface area contributed by atoms with E-state index in [9.17, 15) is 4.79 Å². The van der Waals surface area contributed by atoms with Crippen LogP contribution in [0.25, 0.3) is 21.9 Å². The fourth-order valence-electron chi connectivity index (χ4n) is 4.72. The van der Waals surface area contributed by atoms with Crippen molar-refractivity contribution in [3.05, 3.63) is 95.6 Å². The highest BCUT2D eigenvalue weighted by Crippen LogP contribution is 2.34. The number of fused-ring (bicyclic) bond motifs is 1. The Kier molecular flexibility index (Phi) is 5.44. The van der Waals surface area contributed by atoms with Crippen molar-refractivity contribution < 1.29 is 4.79 Å². The van der Waals surface area contributed by atoms with E-state index in [1.165, 1.54) is 5.56 Å². The number of rotatable bonds is 3. The van der Waals surface area contributed by atoms with Crippen LogP contribution in [-0.2, 0) is 0 Å². The van der Waals surface area contributed by atoms with E-state index in [1.807, 2.05) is 48.4 Å². The van der Waals surface area contributed by atoms with Gasteiger partial charge < -0.3 is 4.90 Å². The molecule has 1 aromatic heterocycles. The lowest BCUT2D eigenvalue weighted by Crippen LogP contribution is -2.39. The Balaban J connectivity index is 1.45. The van der Waals surface area contributed by atoms with Gasteiger partial charge in [-0.15, -0.1) is 0 Å². The average molecular weight is 422 g/mol. The third-order valence-corrected chi connectivity index (χ3v) is 6.36. The molecule has 3 aromatic carbocycles. The Morgan fingerprint density at radius 2 is 1.81 bits per heavy atom. The summed E-state index contributed by atoms with van der Waals surface area (Å²) in [5.41, 5.74) is 5.23. The second kappa shape index (κ2) is 8.54. The number of benzene rings is 3. The molecule has 2 heterocycles. The predicted molar refractivity (Wildman–Crippen MR) is 129 cm³/mol.